The van der Waals surface area contributed by atoms with Gasteiger partial charge >= 0.3 is 0 Å². The lowest BCUT2D eigenvalue weighted by molar-refractivity contribution is 0.601. The van der Waals surface area contributed by atoms with Crippen LogP contribution in [0.4, 0.5) is 9.52 Å². The first-order valence-electron chi connectivity index (χ1n) is 9.38. The second-order valence-corrected chi connectivity index (χ2v) is 9.38. The molecule has 0 unspecified atom stereocenters. The second-order valence-electron chi connectivity index (χ2n) is 6.80. The fraction of sp³-hybridized carbons (Fsp3) is 0. The third kappa shape index (κ3) is 3.81. The number of nitrogens with one attached hydrogen (secondary N) is 1. The molecule has 0 aliphatic carbocycles. The summed E-state index contributed by atoms with van der Waals surface area (Å²) in [5.41, 5.74) is 2.52. The molecule has 5 aromatic rings. The summed E-state index contributed by atoms with van der Waals surface area (Å²) in [6.45, 7) is 0. The first-order chi connectivity index (χ1) is 15.5. The molecular weight excluding hydrogens is 449 g/mol. The Labute approximate surface area is 186 Å². The average Bonchev–Trinajstić information content (AvgIpc) is 3.31. The van der Waals surface area contributed by atoms with E-state index in [4.69, 9.17) is 0 Å². The van der Waals surface area contributed by atoms with Gasteiger partial charge in [-0.25, -0.2) is 27.8 Å². The highest BCUT2D eigenvalue weighted by Gasteiger charge is 2.18. The quantitative estimate of drug-likeness (QED) is 0.404. The molecular formula is C22H14FN5O2S2. The maximum atomic E-state index is 14.1. The predicted octanol–water partition coefficient (Wildman–Crippen LogP) is 4.76. The summed E-state index contributed by atoms with van der Waals surface area (Å²) in [7, 11) is -3.80. The fourth-order valence-corrected chi connectivity index (χ4v) is 5.21. The molecule has 3 aromatic heterocycles. The number of hydrogen-bond acceptors (Lipinski definition) is 7. The van der Waals surface area contributed by atoms with Gasteiger partial charge in [0.25, 0.3) is 10.0 Å². The summed E-state index contributed by atoms with van der Waals surface area (Å²) < 4.78 is 42.1. The first-order valence-corrected chi connectivity index (χ1v) is 11.7. The number of thiazole rings is 1. The van der Waals surface area contributed by atoms with Crippen LogP contribution in [-0.2, 0) is 10.0 Å². The largest absolute Gasteiger partial charge is 0.263 e. The average molecular weight is 464 g/mol. The molecule has 0 bridgehead atoms. The molecule has 0 spiro atoms. The summed E-state index contributed by atoms with van der Waals surface area (Å²) in [5, 5.41) is 3.39. The summed E-state index contributed by atoms with van der Waals surface area (Å²) >= 11 is 1.20. The number of fused-ring (bicyclic) bond motifs is 1. The van der Waals surface area contributed by atoms with Gasteiger partial charge in [0.2, 0.25) is 0 Å². The summed E-state index contributed by atoms with van der Waals surface area (Å²) in [4.78, 5) is 16.6. The Bertz CT molecular complexity index is 1530. The normalized spacial score (nSPS) is 11.5. The monoisotopic (exact) mass is 463 g/mol. The SMILES string of the molecule is O=S(=O)(Nc1nccs1)c1ccc2c(-c3ccc(F)cc3-c3cncnc3)nccc2c1. The van der Waals surface area contributed by atoms with Gasteiger partial charge in [0, 0.05) is 46.7 Å². The number of rotatable bonds is 5. The van der Waals surface area contributed by atoms with Crippen molar-refractivity contribution in [2.75, 3.05) is 4.72 Å². The van der Waals surface area contributed by atoms with Crippen LogP contribution >= 0.6 is 11.3 Å². The van der Waals surface area contributed by atoms with Gasteiger partial charge in [-0.1, -0.05) is 6.07 Å². The fourth-order valence-electron chi connectivity index (χ4n) is 3.39. The van der Waals surface area contributed by atoms with E-state index in [9.17, 15) is 12.8 Å². The van der Waals surface area contributed by atoms with E-state index in [1.165, 1.54) is 42.1 Å². The molecule has 7 nitrogen and oxygen atoms in total. The van der Waals surface area contributed by atoms with Crippen molar-refractivity contribution >= 4 is 37.3 Å². The van der Waals surface area contributed by atoms with Crippen molar-refractivity contribution in [2.45, 2.75) is 4.90 Å². The third-order valence-electron chi connectivity index (χ3n) is 4.81. The van der Waals surface area contributed by atoms with Crippen molar-refractivity contribution in [1.82, 2.24) is 19.9 Å². The van der Waals surface area contributed by atoms with E-state index in [0.29, 0.717) is 32.9 Å². The van der Waals surface area contributed by atoms with E-state index < -0.39 is 15.8 Å². The summed E-state index contributed by atoms with van der Waals surface area (Å²) in [6, 6.07) is 10.9. The Balaban J connectivity index is 1.63. The Morgan fingerprint density at radius 1 is 0.906 bits per heavy atom. The van der Waals surface area contributed by atoms with Crippen LogP contribution in [0.1, 0.15) is 0 Å². The van der Waals surface area contributed by atoms with Crippen molar-refractivity contribution in [3.63, 3.8) is 0 Å². The minimum atomic E-state index is -3.80. The Morgan fingerprint density at radius 3 is 2.53 bits per heavy atom. The molecule has 0 saturated heterocycles. The van der Waals surface area contributed by atoms with Gasteiger partial charge in [0.05, 0.1) is 10.6 Å². The number of hydrogen-bond donors (Lipinski definition) is 1. The van der Waals surface area contributed by atoms with Gasteiger partial charge in [-0.2, -0.15) is 0 Å². The van der Waals surface area contributed by atoms with E-state index in [1.807, 2.05) is 0 Å². The molecule has 0 aliphatic heterocycles. The van der Waals surface area contributed by atoms with Crippen LogP contribution < -0.4 is 4.72 Å². The number of sulfonamides is 1. The van der Waals surface area contributed by atoms with Crippen LogP contribution in [0.2, 0.25) is 0 Å². The van der Waals surface area contributed by atoms with E-state index in [2.05, 4.69) is 24.7 Å². The van der Waals surface area contributed by atoms with Gasteiger partial charge in [0.15, 0.2) is 5.13 Å². The highest BCUT2D eigenvalue weighted by molar-refractivity contribution is 7.93. The van der Waals surface area contributed by atoms with Crippen LogP contribution in [0.5, 0.6) is 0 Å². The van der Waals surface area contributed by atoms with Gasteiger partial charge in [-0.05, 0) is 47.3 Å². The number of nitrogens with zero attached hydrogens (tertiary/aromatic N) is 4. The molecule has 2 aromatic carbocycles. The van der Waals surface area contributed by atoms with Gasteiger partial charge in [-0.3, -0.25) is 9.71 Å². The van der Waals surface area contributed by atoms with E-state index in [0.717, 1.165) is 5.39 Å². The molecule has 3 heterocycles. The molecule has 158 valence electrons. The maximum absolute atomic E-state index is 14.1. The molecule has 0 aliphatic rings. The van der Waals surface area contributed by atoms with Crippen LogP contribution in [-0.4, -0.2) is 28.4 Å². The van der Waals surface area contributed by atoms with Crippen LogP contribution in [0, 0.1) is 5.82 Å². The molecule has 0 saturated carbocycles. The lowest BCUT2D eigenvalue weighted by Gasteiger charge is -2.12. The maximum Gasteiger partial charge on any atom is 0.263 e. The molecule has 0 atom stereocenters. The molecule has 0 radical (unpaired) electrons. The highest BCUT2D eigenvalue weighted by Crippen LogP contribution is 2.35. The smallest absolute Gasteiger partial charge is 0.256 e. The minimum Gasteiger partial charge on any atom is -0.256 e. The van der Waals surface area contributed by atoms with Gasteiger partial charge < -0.3 is 0 Å². The van der Waals surface area contributed by atoms with Crippen molar-refractivity contribution in [2.24, 2.45) is 0 Å². The molecule has 32 heavy (non-hydrogen) atoms. The predicted molar refractivity (Wildman–Crippen MR) is 121 cm³/mol. The number of pyridine rings is 1. The van der Waals surface area contributed by atoms with Crippen molar-refractivity contribution in [3.8, 4) is 22.4 Å². The zero-order valence-corrected chi connectivity index (χ0v) is 17.9. The van der Waals surface area contributed by atoms with Crippen molar-refractivity contribution < 1.29 is 12.8 Å². The van der Waals surface area contributed by atoms with Crippen molar-refractivity contribution in [1.29, 1.82) is 0 Å². The van der Waals surface area contributed by atoms with Gasteiger partial charge in [0.1, 0.15) is 12.1 Å². The topological polar surface area (TPSA) is 97.7 Å². The highest BCUT2D eigenvalue weighted by atomic mass is 32.2. The molecule has 5 rings (SSSR count). The van der Waals surface area contributed by atoms with E-state index >= 15 is 0 Å². The van der Waals surface area contributed by atoms with Crippen LogP contribution in [0.3, 0.4) is 0 Å². The number of anilines is 1. The van der Waals surface area contributed by atoms with E-state index in [1.54, 1.807) is 48.2 Å². The zero-order valence-electron chi connectivity index (χ0n) is 16.3. The van der Waals surface area contributed by atoms with Crippen LogP contribution in [0.15, 0.2) is 83.9 Å². The Kier molecular flexibility index (Phi) is 5.08. The zero-order chi connectivity index (χ0) is 22.1. The summed E-state index contributed by atoms with van der Waals surface area (Å²) in [6.07, 6.45) is 7.73. The lowest BCUT2D eigenvalue weighted by Crippen LogP contribution is -2.12. The van der Waals surface area contributed by atoms with Crippen LogP contribution in [0.25, 0.3) is 33.2 Å². The minimum absolute atomic E-state index is 0.105. The lowest BCUT2D eigenvalue weighted by atomic mass is 9.96. The van der Waals surface area contributed by atoms with Crippen molar-refractivity contribution in [3.05, 3.63) is 84.8 Å². The summed E-state index contributed by atoms with van der Waals surface area (Å²) in [5.74, 6) is -0.394. The Hall–Kier alpha value is -3.76. The molecule has 0 fully saturated rings. The standard InChI is InChI=1S/C22H14FN5O2S2/c23-16-1-3-19(20(10-16)15-11-24-13-25-12-15)21-18-4-2-17(9-14(18)5-6-26-21)32(29,30)28-22-27-7-8-31-22/h1-13H,(H,27,28). The number of aromatic nitrogens is 4. The molecule has 1 N–H and O–H groups in total. The number of benzene rings is 2. The second kappa shape index (κ2) is 8.06. The first kappa shape index (κ1) is 20.2. The molecule has 10 heteroatoms. The Morgan fingerprint density at radius 2 is 1.75 bits per heavy atom. The molecule has 0 amide bonds. The number of halogens is 1. The van der Waals surface area contributed by atoms with E-state index in [-0.39, 0.29) is 4.90 Å². The van der Waals surface area contributed by atoms with Gasteiger partial charge in [-0.15, -0.1) is 11.3 Å². The third-order valence-corrected chi connectivity index (χ3v) is 6.96.